The lowest BCUT2D eigenvalue weighted by atomic mass is 9.92. The summed E-state index contributed by atoms with van der Waals surface area (Å²) in [4.78, 5) is 10.8. The van der Waals surface area contributed by atoms with Crippen LogP contribution in [0, 0.1) is 0 Å². The standard InChI is InChI=1S/C8H14O3/c1-2-8(10)4-3-7(9)11-6-5-8/h10H,2-6H2,1H3/t8-/m1/s1. The third-order valence-electron chi connectivity index (χ3n) is 2.28. The first-order chi connectivity index (χ1) is 5.16. The highest BCUT2D eigenvalue weighted by Crippen LogP contribution is 2.24. The summed E-state index contributed by atoms with van der Waals surface area (Å²) in [5, 5.41) is 9.75. The van der Waals surface area contributed by atoms with E-state index in [4.69, 9.17) is 4.74 Å². The van der Waals surface area contributed by atoms with E-state index in [0.29, 0.717) is 32.3 Å². The number of carbonyl (C=O) groups excluding carboxylic acids is 1. The predicted octanol–water partition coefficient (Wildman–Crippen LogP) is 0.855. The van der Waals surface area contributed by atoms with Crippen molar-refractivity contribution >= 4 is 5.97 Å². The van der Waals surface area contributed by atoms with Crippen LogP contribution in [0.3, 0.4) is 0 Å². The minimum absolute atomic E-state index is 0.186. The number of esters is 1. The van der Waals surface area contributed by atoms with E-state index in [1.807, 2.05) is 6.92 Å². The van der Waals surface area contributed by atoms with Crippen molar-refractivity contribution in [2.45, 2.75) is 38.2 Å². The highest BCUT2D eigenvalue weighted by atomic mass is 16.5. The summed E-state index contributed by atoms with van der Waals surface area (Å²) in [6.45, 7) is 2.29. The molecule has 0 saturated carbocycles. The molecule has 0 aliphatic carbocycles. The van der Waals surface area contributed by atoms with Crippen molar-refractivity contribution in [2.75, 3.05) is 6.61 Å². The summed E-state index contributed by atoms with van der Waals surface area (Å²) in [5.74, 6) is -0.186. The molecule has 0 aromatic rings. The molecule has 1 rings (SSSR count). The van der Waals surface area contributed by atoms with Crippen molar-refractivity contribution in [1.82, 2.24) is 0 Å². The number of ether oxygens (including phenoxy) is 1. The molecule has 1 fully saturated rings. The normalized spacial score (nSPS) is 32.7. The van der Waals surface area contributed by atoms with E-state index in [0.717, 1.165) is 0 Å². The SMILES string of the molecule is CC[C@]1(O)CCOC(=O)CC1. The first kappa shape index (κ1) is 8.53. The van der Waals surface area contributed by atoms with Crippen LogP contribution >= 0.6 is 0 Å². The van der Waals surface area contributed by atoms with Crippen molar-refractivity contribution in [3.05, 3.63) is 0 Å². The number of hydrogen-bond acceptors (Lipinski definition) is 3. The minimum Gasteiger partial charge on any atom is -0.466 e. The molecule has 1 saturated heterocycles. The van der Waals surface area contributed by atoms with Gasteiger partial charge in [0.1, 0.15) is 0 Å². The van der Waals surface area contributed by atoms with Crippen LogP contribution in [0.4, 0.5) is 0 Å². The molecule has 1 aliphatic heterocycles. The second kappa shape index (κ2) is 3.22. The molecule has 0 aromatic heterocycles. The molecule has 3 heteroatoms. The number of carbonyl (C=O) groups is 1. The molecule has 3 nitrogen and oxygen atoms in total. The third kappa shape index (κ3) is 2.19. The van der Waals surface area contributed by atoms with Crippen molar-refractivity contribution < 1.29 is 14.6 Å². The highest BCUT2D eigenvalue weighted by molar-refractivity contribution is 5.69. The van der Waals surface area contributed by atoms with Crippen molar-refractivity contribution in [1.29, 1.82) is 0 Å². The van der Waals surface area contributed by atoms with E-state index in [1.54, 1.807) is 0 Å². The van der Waals surface area contributed by atoms with Crippen LogP contribution in [-0.2, 0) is 9.53 Å². The van der Waals surface area contributed by atoms with Gasteiger partial charge in [-0.3, -0.25) is 4.79 Å². The quantitative estimate of drug-likeness (QED) is 0.575. The molecule has 0 radical (unpaired) electrons. The van der Waals surface area contributed by atoms with Gasteiger partial charge in [-0.15, -0.1) is 0 Å². The Hall–Kier alpha value is -0.570. The van der Waals surface area contributed by atoms with Crippen LogP contribution in [0.15, 0.2) is 0 Å². The molecular weight excluding hydrogens is 144 g/mol. The zero-order chi connectivity index (χ0) is 8.32. The van der Waals surface area contributed by atoms with Gasteiger partial charge in [0.15, 0.2) is 0 Å². The van der Waals surface area contributed by atoms with Gasteiger partial charge < -0.3 is 9.84 Å². The van der Waals surface area contributed by atoms with Crippen LogP contribution in [-0.4, -0.2) is 23.3 Å². The highest BCUT2D eigenvalue weighted by Gasteiger charge is 2.28. The fourth-order valence-corrected chi connectivity index (χ4v) is 1.24. The van der Waals surface area contributed by atoms with Crippen LogP contribution < -0.4 is 0 Å². The van der Waals surface area contributed by atoms with E-state index in [9.17, 15) is 9.90 Å². The fourth-order valence-electron chi connectivity index (χ4n) is 1.24. The Morgan fingerprint density at radius 1 is 1.64 bits per heavy atom. The Balaban J connectivity index is 2.52. The Labute approximate surface area is 66.4 Å². The lowest BCUT2D eigenvalue weighted by Gasteiger charge is -2.22. The zero-order valence-electron chi connectivity index (χ0n) is 6.80. The van der Waals surface area contributed by atoms with Crippen LogP contribution in [0.5, 0.6) is 0 Å². The molecule has 0 amide bonds. The van der Waals surface area contributed by atoms with E-state index < -0.39 is 5.60 Å². The number of rotatable bonds is 1. The van der Waals surface area contributed by atoms with Gasteiger partial charge in [-0.2, -0.15) is 0 Å². The van der Waals surface area contributed by atoms with Gasteiger partial charge >= 0.3 is 5.97 Å². The van der Waals surface area contributed by atoms with E-state index in [2.05, 4.69) is 0 Å². The van der Waals surface area contributed by atoms with Crippen LogP contribution in [0.1, 0.15) is 32.6 Å². The van der Waals surface area contributed by atoms with Crippen LogP contribution in [0.2, 0.25) is 0 Å². The third-order valence-corrected chi connectivity index (χ3v) is 2.28. The maximum absolute atomic E-state index is 10.8. The largest absolute Gasteiger partial charge is 0.466 e. The van der Waals surface area contributed by atoms with Crippen molar-refractivity contribution in [3.8, 4) is 0 Å². The van der Waals surface area contributed by atoms with E-state index in [1.165, 1.54) is 0 Å². The maximum Gasteiger partial charge on any atom is 0.305 e. The smallest absolute Gasteiger partial charge is 0.305 e. The average molecular weight is 158 g/mol. The Morgan fingerprint density at radius 3 is 3.00 bits per heavy atom. The molecule has 0 spiro atoms. The number of hydrogen-bond donors (Lipinski definition) is 1. The fraction of sp³-hybridized carbons (Fsp3) is 0.875. The summed E-state index contributed by atoms with van der Waals surface area (Å²) in [7, 11) is 0. The second-order valence-electron chi connectivity index (χ2n) is 3.05. The lowest BCUT2D eigenvalue weighted by molar-refractivity contribution is -0.142. The van der Waals surface area contributed by atoms with Gasteiger partial charge in [-0.25, -0.2) is 0 Å². The number of cyclic esters (lactones) is 1. The molecule has 64 valence electrons. The number of aliphatic hydroxyl groups is 1. The Bertz CT molecular complexity index is 155. The lowest BCUT2D eigenvalue weighted by Crippen LogP contribution is -2.27. The van der Waals surface area contributed by atoms with Crippen LogP contribution in [0.25, 0.3) is 0 Å². The molecule has 0 unspecified atom stereocenters. The summed E-state index contributed by atoms with van der Waals surface area (Å²) in [6, 6.07) is 0. The summed E-state index contributed by atoms with van der Waals surface area (Å²) >= 11 is 0. The summed E-state index contributed by atoms with van der Waals surface area (Å²) < 4.78 is 4.80. The average Bonchev–Trinajstić information content (AvgIpc) is 2.15. The van der Waals surface area contributed by atoms with Crippen molar-refractivity contribution in [2.24, 2.45) is 0 Å². The molecular formula is C8H14O3. The maximum atomic E-state index is 10.8. The zero-order valence-corrected chi connectivity index (χ0v) is 6.80. The molecule has 1 heterocycles. The van der Waals surface area contributed by atoms with Gasteiger partial charge in [0.2, 0.25) is 0 Å². The van der Waals surface area contributed by atoms with Gasteiger partial charge in [0, 0.05) is 12.8 Å². The van der Waals surface area contributed by atoms with E-state index >= 15 is 0 Å². The van der Waals surface area contributed by atoms with Gasteiger partial charge in [0.05, 0.1) is 12.2 Å². The molecule has 1 N–H and O–H groups in total. The molecule has 11 heavy (non-hydrogen) atoms. The van der Waals surface area contributed by atoms with Crippen molar-refractivity contribution in [3.63, 3.8) is 0 Å². The Kier molecular flexibility index (Phi) is 2.49. The molecule has 1 aliphatic rings. The topological polar surface area (TPSA) is 46.5 Å². The first-order valence-corrected chi connectivity index (χ1v) is 4.04. The van der Waals surface area contributed by atoms with E-state index in [-0.39, 0.29) is 5.97 Å². The van der Waals surface area contributed by atoms with Gasteiger partial charge in [0.25, 0.3) is 0 Å². The second-order valence-corrected chi connectivity index (χ2v) is 3.05. The predicted molar refractivity (Wildman–Crippen MR) is 40.1 cm³/mol. The summed E-state index contributed by atoms with van der Waals surface area (Å²) in [5.41, 5.74) is -0.661. The Morgan fingerprint density at radius 2 is 2.36 bits per heavy atom. The minimum atomic E-state index is -0.661. The first-order valence-electron chi connectivity index (χ1n) is 4.04. The molecule has 1 atom stereocenters. The molecule has 0 bridgehead atoms. The molecule has 0 aromatic carbocycles. The van der Waals surface area contributed by atoms with Gasteiger partial charge in [-0.1, -0.05) is 6.92 Å². The van der Waals surface area contributed by atoms with Gasteiger partial charge in [-0.05, 0) is 12.8 Å². The monoisotopic (exact) mass is 158 g/mol. The summed E-state index contributed by atoms with van der Waals surface area (Å²) in [6.07, 6.45) is 2.17.